The van der Waals surface area contributed by atoms with Crippen molar-refractivity contribution in [2.75, 3.05) is 24.5 Å². The minimum Gasteiger partial charge on any atom is -0.371 e. The quantitative estimate of drug-likeness (QED) is 0.496. The molecule has 2 aliphatic rings. The molecule has 6 heteroatoms. The van der Waals surface area contributed by atoms with E-state index in [1.54, 1.807) is 0 Å². The highest BCUT2D eigenvalue weighted by Crippen LogP contribution is 2.36. The lowest BCUT2D eigenvalue weighted by atomic mass is 9.98. The van der Waals surface area contributed by atoms with Crippen molar-refractivity contribution >= 4 is 5.69 Å². The summed E-state index contributed by atoms with van der Waals surface area (Å²) in [5.74, 6) is 1.55. The molecule has 0 radical (unpaired) electrons. The number of nitrogens with zero attached hydrogens (tertiary/aromatic N) is 5. The molecule has 6 nitrogen and oxygen atoms in total. The van der Waals surface area contributed by atoms with Gasteiger partial charge in [0.15, 0.2) is 5.82 Å². The van der Waals surface area contributed by atoms with Crippen LogP contribution in [0.5, 0.6) is 0 Å². The summed E-state index contributed by atoms with van der Waals surface area (Å²) in [5, 5.41) is 9.08. The number of nitrogens with two attached hydrogens (primary N) is 1. The second-order valence-electron chi connectivity index (χ2n) is 8.37. The average molecular weight is 406 g/mol. The number of rotatable bonds is 3. The van der Waals surface area contributed by atoms with Gasteiger partial charge in [-0.1, -0.05) is 12.1 Å². The van der Waals surface area contributed by atoms with Crippen LogP contribution in [0.25, 0.3) is 28.3 Å². The molecule has 1 saturated heterocycles. The average Bonchev–Trinajstić information content (AvgIpc) is 3.38. The van der Waals surface area contributed by atoms with Gasteiger partial charge in [-0.25, -0.2) is 4.98 Å². The van der Waals surface area contributed by atoms with Crippen molar-refractivity contribution in [1.82, 2.24) is 14.1 Å². The first kappa shape index (κ1) is 18.0. The zero-order chi connectivity index (χ0) is 20.9. The lowest BCUT2D eigenvalue weighted by Gasteiger charge is -2.40. The number of benzene rings is 2. The predicted octanol–water partition coefficient (Wildman–Crippen LogP) is 3.64. The number of hydrogen-bond acceptors (Lipinski definition) is 4. The van der Waals surface area contributed by atoms with Gasteiger partial charge in [0.2, 0.25) is 0 Å². The van der Waals surface area contributed by atoms with Crippen molar-refractivity contribution in [2.24, 2.45) is 11.7 Å². The molecule has 152 valence electrons. The summed E-state index contributed by atoms with van der Waals surface area (Å²) in [6.45, 7) is 3.60. The van der Waals surface area contributed by atoms with Gasteiger partial charge in [0.25, 0.3) is 0 Å². The Bertz CT molecular complexity index is 1320. The fourth-order valence-electron chi connectivity index (χ4n) is 4.65. The maximum Gasteiger partial charge on any atom is 0.161 e. The molecule has 2 N–H and O–H groups in total. The molecular weight excluding hydrogens is 384 g/mol. The molecule has 6 rings (SSSR count). The highest BCUT2D eigenvalue weighted by molar-refractivity contribution is 5.72. The van der Waals surface area contributed by atoms with E-state index in [9.17, 15) is 0 Å². The van der Waals surface area contributed by atoms with Crippen LogP contribution in [0.4, 0.5) is 5.69 Å². The normalized spacial score (nSPS) is 14.8. The summed E-state index contributed by atoms with van der Waals surface area (Å²) >= 11 is 0. The van der Waals surface area contributed by atoms with E-state index < -0.39 is 0 Å². The van der Waals surface area contributed by atoms with Gasteiger partial charge in [0.05, 0.1) is 23.0 Å². The Morgan fingerprint density at radius 1 is 1.06 bits per heavy atom. The van der Waals surface area contributed by atoms with Crippen molar-refractivity contribution < 1.29 is 0 Å². The van der Waals surface area contributed by atoms with Crippen molar-refractivity contribution in [3.05, 3.63) is 78.2 Å². The van der Waals surface area contributed by atoms with E-state index in [4.69, 9.17) is 11.0 Å². The minimum atomic E-state index is 0.602. The summed E-state index contributed by atoms with van der Waals surface area (Å²) < 4.78 is 4.46. The van der Waals surface area contributed by atoms with Crippen LogP contribution in [-0.4, -0.2) is 33.8 Å². The molecule has 0 saturated carbocycles. The van der Waals surface area contributed by atoms with Gasteiger partial charge in [-0.05, 0) is 54.1 Å². The molecule has 2 aromatic carbocycles. The lowest BCUT2D eigenvalue weighted by Crippen LogP contribution is -2.50. The van der Waals surface area contributed by atoms with Gasteiger partial charge in [-0.15, -0.1) is 0 Å². The molecular formula is C25H22N6. The van der Waals surface area contributed by atoms with Crippen molar-refractivity contribution in [2.45, 2.75) is 6.54 Å². The smallest absolute Gasteiger partial charge is 0.161 e. The van der Waals surface area contributed by atoms with Crippen LogP contribution in [0, 0.1) is 17.2 Å². The molecule has 0 aliphatic carbocycles. The van der Waals surface area contributed by atoms with Crippen LogP contribution in [0.3, 0.4) is 0 Å². The Kier molecular flexibility index (Phi) is 3.98. The minimum absolute atomic E-state index is 0.602. The van der Waals surface area contributed by atoms with E-state index in [2.05, 4.69) is 55.5 Å². The summed E-state index contributed by atoms with van der Waals surface area (Å²) in [7, 11) is 0. The number of imidazole rings is 1. The molecule has 4 aromatic rings. The van der Waals surface area contributed by atoms with Crippen LogP contribution in [0.1, 0.15) is 11.1 Å². The fraction of sp³-hybridized carbons (Fsp3) is 0.200. The molecule has 0 bridgehead atoms. The Balaban J connectivity index is 1.42. The van der Waals surface area contributed by atoms with Gasteiger partial charge < -0.3 is 15.2 Å². The molecule has 1 fully saturated rings. The van der Waals surface area contributed by atoms with E-state index >= 15 is 0 Å². The van der Waals surface area contributed by atoms with Crippen molar-refractivity contribution in [1.29, 1.82) is 5.26 Å². The maximum absolute atomic E-state index is 9.08. The summed E-state index contributed by atoms with van der Waals surface area (Å²) in [5.41, 5.74) is 13.5. The van der Waals surface area contributed by atoms with E-state index in [1.807, 2.05) is 36.7 Å². The highest BCUT2D eigenvalue weighted by atomic mass is 15.2. The molecule has 31 heavy (non-hydrogen) atoms. The lowest BCUT2D eigenvalue weighted by molar-refractivity contribution is 0.420. The maximum atomic E-state index is 9.08. The van der Waals surface area contributed by atoms with E-state index in [0.29, 0.717) is 11.5 Å². The van der Waals surface area contributed by atoms with Crippen molar-refractivity contribution in [3.8, 4) is 34.4 Å². The summed E-state index contributed by atoms with van der Waals surface area (Å²) in [6.07, 6.45) is 6.08. The molecule has 2 aliphatic heterocycles. The third-order valence-corrected chi connectivity index (χ3v) is 6.43. The first-order valence-electron chi connectivity index (χ1n) is 10.6. The van der Waals surface area contributed by atoms with Crippen molar-refractivity contribution in [3.63, 3.8) is 0 Å². The zero-order valence-electron chi connectivity index (χ0n) is 17.1. The van der Waals surface area contributed by atoms with Crippen LogP contribution < -0.4 is 10.6 Å². The number of nitriles is 1. The second-order valence-corrected chi connectivity index (χ2v) is 8.37. The van der Waals surface area contributed by atoms with Crippen LogP contribution in [0.2, 0.25) is 0 Å². The second kappa shape index (κ2) is 6.86. The van der Waals surface area contributed by atoms with Gasteiger partial charge in [0.1, 0.15) is 0 Å². The zero-order valence-corrected chi connectivity index (χ0v) is 17.1. The van der Waals surface area contributed by atoms with Gasteiger partial charge in [-0.3, -0.25) is 4.57 Å². The van der Waals surface area contributed by atoms with E-state index in [1.165, 1.54) is 16.9 Å². The Labute approximate surface area is 180 Å². The molecule has 4 heterocycles. The standard InChI is InChI=1S/C25H22N6/c26-11-17-1-3-19(4-2-17)20-10-24-25-28-7-8-31(25)23-6-5-22(29-13-18(12-27)14-29)9-21(23)16-30(24)15-20/h1-10,15,18H,12-14,16,27H2. The predicted molar refractivity (Wildman–Crippen MR) is 121 cm³/mol. The van der Waals surface area contributed by atoms with Crippen LogP contribution in [-0.2, 0) is 6.54 Å². The van der Waals surface area contributed by atoms with E-state index in [-0.39, 0.29) is 0 Å². The number of fused-ring (bicyclic) bond motifs is 5. The SMILES string of the molecule is N#Cc1ccc(-c2cc3n(c2)Cc2cc(N4CC(CN)C4)ccc2-n2ccnc2-3)cc1. The molecule has 0 amide bonds. The fourth-order valence-corrected chi connectivity index (χ4v) is 4.65. The van der Waals surface area contributed by atoms with E-state index in [0.717, 1.165) is 48.8 Å². The first-order chi connectivity index (χ1) is 15.2. The van der Waals surface area contributed by atoms with Crippen LogP contribution in [0.15, 0.2) is 67.1 Å². The molecule has 0 unspecified atom stereocenters. The Morgan fingerprint density at radius 2 is 1.90 bits per heavy atom. The first-order valence-corrected chi connectivity index (χ1v) is 10.6. The molecule has 2 aromatic heterocycles. The van der Waals surface area contributed by atoms with Gasteiger partial charge in [-0.2, -0.15) is 5.26 Å². The molecule has 0 atom stereocenters. The largest absolute Gasteiger partial charge is 0.371 e. The highest BCUT2D eigenvalue weighted by Gasteiger charge is 2.27. The Hall–Kier alpha value is -3.82. The third-order valence-electron chi connectivity index (χ3n) is 6.43. The Morgan fingerprint density at radius 3 is 2.68 bits per heavy atom. The summed E-state index contributed by atoms with van der Waals surface area (Å²) in [4.78, 5) is 7.07. The van der Waals surface area contributed by atoms with Gasteiger partial charge in [0, 0.05) is 55.4 Å². The molecule has 0 spiro atoms. The third kappa shape index (κ3) is 2.86. The topological polar surface area (TPSA) is 75.8 Å². The number of aromatic nitrogens is 3. The number of hydrogen-bond donors (Lipinski definition) is 1. The van der Waals surface area contributed by atoms with Gasteiger partial charge >= 0.3 is 0 Å². The van der Waals surface area contributed by atoms with Crippen LogP contribution >= 0.6 is 0 Å². The monoisotopic (exact) mass is 406 g/mol. The number of anilines is 1. The summed E-state index contributed by atoms with van der Waals surface area (Å²) in [6, 6.07) is 18.8.